The Bertz CT molecular complexity index is 1600. The van der Waals surface area contributed by atoms with Gasteiger partial charge in [0.25, 0.3) is 0 Å². The Balaban J connectivity index is 2.40. The Morgan fingerprint density at radius 2 is 1.28 bits per heavy atom. The van der Waals surface area contributed by atoms with Gasteiger partial charge in [-0.2, -0.15) is 0 Å². The van der Waals surface area contributed by atoms with Crippen LogP contribution in [-0.4, -0.2) is 120 Å². The lowest BCUT2D eigenvalue weighted by atomic mass is 9.95. The molecule has 19 nitrogen and oxygen atoms in total. The van der Waals surface area contributed by atoms with Crippen LogP contribution < -0.4 is 48.7 Å². The van der Waals surface area contributed by atoms with Gasteiger partial charge in [-0.25, -0.2) is 4.79 Å². The number of amides is 6. The molecule has 0 spiro atoms. The van der Waals surface area contributed by atoms with Crippen molar-refractivity contribution in [3.05, 3.63) is 35.9 Å². The minimum atomic E-state index is -1.65. The van der Waals surface area contributed by atoms with E-state index in [-0.39, 0.29) is 55.9 Å². The molecule has 0 saturated carbocycles. The second kappa shape index (κ2) is 26.0. The maximum atomic E-state index is 14.2. The number of nitrogens with two attached hydrogens (primary N) is 2. The van der Waals surface area contributed by atoms with Crippen molar-refractivity contribution in [2.24, 2.45) is 34.2 Å². The highest BCUT2D eigenvalue weighted by Gasteiger charge is 2.36. The fourth-order valence-corrected chi connectivity index (χ4v) is 6.61. The number of carbonyl (C=O) groups excluding carboxylic acids is 6. The van der Waals surface area contributed by atoms with Crippen molar-refractivity contribution in [1.82, 2.24) is 37.2 Å². The third-order valence-electron chi connectivity index (χ3n) is 10.6. The summed E-state index contributed by atoms with van der Waals surface area (Å²) >= 11 is 0. The first kappa shape index (κ1) is 50.8. The zero-order valence-electron chi connectivity index (χ0n) is 35.8. The molecule has 0 aliphatic carbocycles. The fraction of sp³-hybridized carbons (Fsp3) is 0.659. The predicted molar refractivity (Wildman–Crippen MR) is 226 cm³/mol. The zero-order valence-corrected chi connectivity index (χ0v) is 35.8. The summed E-state index contributed by atoms with van der Waals surface area (Å²) in [5, 5.41) is 38.2. The van der Waals surface area contributed by atoms with Crippen LogP contribution in [0.3, 0.4) is 0 Å². The van der Waals surface area contributed by atoms with Crippen molar-refractivity contribution >= 4 is 47.4 Å². The lowest BCUT2D eigenvalue weighted by Gasteiger charge is -2.31. The number of nitrogens with zero attached hydrogens (tertiary/aromatic N) is 1. The molecule has 1 heterocycles. The molecule has 6 amide bonds. The van der Waals surface area contributed by atoms with Crippen LogP contribution in [0.5, 0.6) is 0 Å². The molecular weight excluding hydrogens is 777 g/mol. The third-order valence-corrected chi connectivity index (χ3v) is 10.6. The molecular formula is C41H68N10O9. The summed E-state index contributed by atoms with van der Waals surface area (Å²) in [6.07, 6.45) is 2.88. The van der Waals surface area contributed by atoms with Gasteiger partial charge in [-0.15, -0.1) is 0 Å². The third kappa shape index (κ3) is 17.1. The number of aliphatic imine (C=N–C) groups is 1. The number of carboxylic acids is 1. The molecule has 0 unspecified atom stereocenters. The average Bonchev–Trinajstić information content (AvgIpc) is 3.76. The predicted octanol–water partition coefficient (Wildman–Crippen LogP) is -0.841. The van der Waals surface area contributed by atoms with Gasteiger partial charge in [0.15, 0.2) is 5.96 Å². The van der Waals surface area contributed by atoms with E-state index in [0.717, 1.165) is 6.42 Å². The minimum absolute atomic E-state index is 0.0263. The highest BCUT2D eigenvalue weighted by molar-refractivity contribution is 5.97. The summed E-state index contributed by atoms with van der Waals surface area (Å²) in [5.41, 5.74) is 11.5. The summed E-state index contributed by atoms with van der Waals surface area (Å²) in [4.78, 5) is 98.0. The topological polar surface area (TPSA) is 309 Å². The lowest BCUT2D eigenvalue weighted by Crippen LogP contribution is -2.61. The van der Waals surface area contributed by atoms with Crippen molar-refractivity contribution < 1.29 is 43.8 Å². The number of nitrogens with one attached hydrogen (secondary N) is 7. The van der Waals surface area contributed by atoms with Gasteiger partial charge >= 0.3 is 5.97 Å². The molecule has 0 aromatic heterocycles. The van der Waals surface area contributed by atoms with Crippen LogP contribution in [-0.2, 0) is 40.0 Å². The van der Waals surface area contributed by atoms with Crippen LogP contribution in [0.2, 0.25) is 0 Å². The van der Waals surface area contributed by atoms with Crippen molar-refractivity contribution in [2.45, 2.75) is 135 Å². The van der Waals surface area contributed by atoms with Crippen molar-refractivity contribution in [1.29, 1.82) is 0 Å². The molecule has 0 radical (unpaired) electrons. The summed E-state index contributed by atoms with van der Waals surface area (Å²) in [7, 11) is 0. The van der Waals surface area contributed by atoms with Crippen LogP contribution >= 0.6 is 0 Å². The number of aliphatic carboxylic acids is 1. The second-order valence-electron chi connectivity index (χ2n) is 15.9. The Morgan fingerprint density at radius 1 is 0.750 bits per heavy atom. The quantitative estimate of drug-likeness (QED) is 0.0309. The Labute approximate surface area is 352 Å². The minimum Gasteiger partial charge on any atom is -0.480 e. The van der Waals surface area contributed by atoms with Crippen LogP contribution in [0.4, 0.5) is 0 Å². The van der Waals surface area contributed by atoms with E-state index in [2.05, 4.69) is 42.2 Å². The van der Waals surface area contributed by atoms with Crippen LogP contribution in [0, 0.1) is 17.8 Å². The van der Waals surface area contributed by atoms with Crippen LogP contribution in [0.15, 0.2) is 35.3 Å². The molecule has 336 valence electrons. The van der Waals surface area contributed by atoms with E-state index in [4.69, 9.17) is 11.5 Å². The Kier molecular flexibility index (Phi) is 22.1. The van der Waals surface area contributed by atoms with E-state index >= 15 is 0 Å². The van der Waals surface area contributed by atoms with Gasteiger partial charge in [-0.05, 0) is 62.0 Å². The summed E-state index contributed by atoms with van der Waals surface area (Å²) in [6.45, 7) is 11.0. The highest BCUT2D eigenvalue weighted by Crippen LogP contribution is 2.15. The number of hydrogen-bond donors (Lipinski definition) is 11. The number of rotatable bonds is 26. The summed E-state index contributed by atoms with van der Waals surface area (Å²) in [5.74, 6) is -6.23. The van der Waals surface area contributed by atoms with Crippen LogP contribution in [0.1, 0.15) is 92.1 Å². The summed E-state index contributed by atoms with van der Waals surface area (Å²) < 4.78 is 0. The fourth-order valence-electron chi connectivity index (χ4n) is 6.61. The molecule has 1 aliphatic heterocycles. The molecule has 19 heteroatoms. The van der Waals surface area contributed by atoms with E-state index in [1.807, 2.05) is 34.6 Å². The van der Waals surface area contributed by atoms with E-state index in [0.29, 0.717) is 31.4 Å². The van der Waals surface area contributed by atoms with Crippen molar-refractivity contribution in [3.8, 4) is 0 Å². The molecule has 2 rings (SSSR count). The van der Waals surface area contributed by atoms with Crippen molar-refractivity contribution in [2.75, 3.05) is 19.7 Å². The molecule has 0 bridgehead atoms. The van der Waals surface area contributed by atoms with Gasteiger partial charge in [-0.3, -0.25) is 33.8 Å². The molecule has 1 aromatic rings. The Hall–Kier alpha value is -5.30. The zero-order chi connectivity index (χ0) is 44.9. The molecule has 9 atom stereocenters. The number of carboxylic acid groups (broad SMARTS) is 1. The number of aliphatic hydroxyl groups excluding tert-OH is 1. The number of aliphatic hydroxyl groups is 1. The van der Waals surface area contributed by atoms with Crippen molar-refractivity contribution in [3.63, 3.8) is 0 Å². The standard InChI is InChI=1S/C41H68N10O9/c1-7-24(5)32(50-34(53)27-16-12-18-44-27)38(57)47-29(20-23(3)4)37(56)51-33(25(6)8-2)39(58)48-30(21-26-14-10-9-11-15-26)36(55)46-28(17-13-19-45-41(42)43)35(54)49-31(22-52)40(59)60/h9-11,14-15,23-25,27-33,44,52H,7-8,12-13,16-22H2,1-6H3,(H,46,55)(H,47,57)(H,48,58)(H,49,54)(H,50,53)(H,51,56)(H,59,60)(H4,42,43,45)/t24-,25-,27-,28-,29-,30-,31-,32-,33-/m0/s1. The number of benzene rings is 1. The Morgan fingerprint density at radius 3 is 1.80 bits per heavy atom. The number of guanidine groups is 1. The SMILES string of the molecule is CC[C@H](C)[C@H](NC(=O)[C@H](CC(C)C)NC(=O)[C@@H](NC(=O)[C@@H]1CCCN1)[C@@H](C)CC)C(=O)N[C@@H](Cc1ccccc1)C(=O)N[C@@H](CCCN=C(N)N)C(=O)N[C@@H](CO)C(=O)O. The monoisotopic (exact) mass is 845 g/mol. The van der Waals surface area contributed by atoms with Gasteiger partial charge < -0.3 is 58.9 Å². The van der Waals surface area contributed by atoms with Gasteiger partial charge in [0.05, 0.1) is 12.6 Å². The lowest BCUT2D eigenvalue weighted by molar-refractivity contribution is -0.143. The summed E-state index contributed by atoms with van der Waals surface area (Å²) in [6, 6.07) is 0.970. The first-order valence-corrected chi connectivity index (χ1v) is 20.9. The highest BCUT2D eigenvalue weighted by atomic mass is 16.4. The molecule has 1 aromatic carbocycles. The van der Waals surface area contributed by atoms with E-state index in [9.17, 15) is 43.8 Å². The molecule has 1 fully saturated rings. The molecule has 13 N–H and O–H groups in total. The van der Waals surface area contributed by atoms with E-state index in [1.165, 1.54) is 0 Å². The van der Waals surface area contributed by atoms with Gasteiger partial charge in [0.2, 0.25) is 35.4 Å². The number of hydrogen-bond acceptors (Lipinski definition) is 10. The van der Waals surface area contributed by atoms with Crippen LogP contribution in [0.25, 0.3) is 0 Å². The maximum Gasteiger partial charge on any atom is 0.328 e. The molecule has 1 aliphatic rings. The average molecular weight is 845 g/mol. The van der Waals surface area contributed by atoms with Gasteiger partial charge in [-0.1, -0.05) is 84.7 Å². The molecule has 60 heavy (non-hydrogen) atoms. The van der Waals surface area contributed by atoms with Gasteiger partial charge in [0.1, 0.15) is 36.3 Å². The van der Waals surface area contributed by atoms with E-state index in [1.54, 1.807) is 37.3 Å². The first-order chi connectivity index (χ1) is 28.4. The second-order valence-corrected chi connectivity index (χ2v) is 15.9. The first-order valence-electron chi connectivity index (χ1n) is 20.9. The van der Waals surface area contributed by atoms with Gasteiger partial charge in [0, 0.05) is 13.0 Å². The van der Waals surface area contributed by atoms with E-state index < -0.39 is 90.3 Å². The largest absolute Gasteiger partial charge is 0.480 e. The maximum absolute atomic E-state index is 14.2. The smallest absolute Gasteiger partial charge is 0.328 e. The molecule has 1 saturated heterocycles. The normalized spacial score (nSPS) is 17.6. The number of carbonyl (C=O) groups is 7.